The van der Waals surface area contributed by atoms with E-state index in [-0.39, 0.29) is 0 Å². The average Bonchev–Trinajstić information content (AvgIpc) is 2.72. The van der Waals surface area contributed by atoms with Crippen LogP contribution in [0.4, 0.5) is 5.69 Å². The van der Waals surface area contributed by atoms with Gasteiger partial charge in [0.15, 0.2) is 0 Å². The summed E-state index contributed by atoms with van der Waals surface area (Å²) >= 11 is 0. The second kappa shape index (κ2) is 3.38. The molecule has 2 N–H and O–H groups in total. The predicted molar refractivity (Wildman–Crippen MR) is 65.5 cm³/mol. The summed E-state index contributed by atoms with van der Waals surface area (Å²) in [7, 11) is 0. The van der Waals surface area contributed by atoms with Crippen molar-refractivity contribution in [1.82, 2.24) is 9.55 Å². The van der Waals surface area contributed by atoms with Gasteiger partial charge in [-0.3, -0.25) is 0 Å². The SMILES string of the molecule is Nc1cccc(-n2ccc3cccnc32)c1. The first kappa shape index (κ1) is 8.97. The highest BCUT2D eigenvalue weighted by molar-refractivity contribution is 5.78. The molecular formula is C13H11N3. The van der Waals surface area contributed by atoms with E-state index in [1.807, 2.05) is 53.2 Å². The number of fused-ring (bicyclic) bond motifs is 1. The Hall–Kier alpha value is -2.29. The Bertz CT molecular complexity index is 640. The zero-order chi connectivity index (χ0) is 11.0. The molecule has 0 saturated heterocycles. The van der Waals surface area contributed by atoms with Crippen molar-refractivity contribution < 1.29 is 0 Å². The third-order valence-corrected chi connectivity index (χ3v) is 2.60. The number of nitrogens with two attached hydrogens (primary N) is 1. The Balaban J connectivity index is 2.26. The Labute approximate surface area is 93.1 Å². The minimum absolute atomic E-state index is 0.760. The molecule has 3 rings (SSSR count). The van der Waals surface area contributed by atoms with Crippen molar-refractivity contribution >= 4 is 16.7 Å². The lowest BCUT2D eigenvalue weighted by Gasteiger charge is -2.05. The Morgan fingerprint density at radius 3 is 2.88 bits per heavy atom. The maximum atomic E-state index is 5.78. The molecule has 0 atom stereocenters. The van der Waals surface area contributed by atoms with Gasteiger partial charge in [0.25, 0.3) is 0 Å². The molecule has 78 valence electrons. The van der Waals surface area contributed by atoms with Crippen LogP contribution in [0.5, 0.6) is 0 Å². The maximum Gasteiger partial charge on any atom is 0.144 e. The summed E-state index contributed by atoms with van der Waals surface area (Å²) < 4.78 is 2.03. The van der Waals surface area contributed by atoms with Gasteiger partial charge < -0.3 is 10.3 Å². The number of benzene rings is 1. The summed E-state index contributed by atoms with van der Waals surface area (Å²) in [6.45, 7) is 0. The molecule has 0 saturated carbocycles. The third kappa shape index (κ3) is 1.34. The second-order valence-corrected chi connectivity index (χ2v) is 3.70. The Kier molecular flexibility index (Phi) is 1.90. The van der Waals surface area contributed by atoms with Crippen LogP contribution in [0.1, 0.15) is 0 Å². The van der Waals surface area contributed by atoms with Crippen molar-refractivity contribution in [3.05, 3.63) is 54.9 Å². The van der Waals surface area contributed by atoms with Gasteiger partial charge in [0.1, 0.15) is 5.65 Å². The molecule has 2 heterocycles. The van der Waals surface area contributed by atoms with Crippen molar-refractivity contribution in [1.29, 1.82) is 0 Å². The van der Waals surface area contributed by atoms with Gasteiger partial charge in [0.2, 0.25) is 0 Å². The lowest BCUT2D eigenvalue weighted by atomic mass is 10.3. The molecule has 0 radical (unpaired) electrons. The number of nitrogen functional groups attached to an aromatic ring is 1. The van der Waals surface area contributed by atoms with Crippen LogP contribution in [0.2, 0.25) is 0 Å². The molecule has 2 aromatic heterocycles. The first-order chi connectivity index (χ1) is 7.84. The fourth-order valence-corrected chi connectivity index (χ4v) is 1.85. The van der Waals surface area contributed by atoms with Gasteiger partial charge in [-0.25, -0.2) is 4.98 Å². The van der Waals surface area contributed by atoms with E-state index in [1.165, 1.54) is 0 Å². The number of hydrogen-bond acceptors (Lipinski definition) is 2. The molecule has 16 heavy (non-hydrogen) atoms. The average molecular weight is 209 g/mol. The minimum Gasteiger partial charge on any atom is -0.399 e. The molecule has 0 aliphatic carbocycles. The molecule has 0 unspecified atom stereocenters. The normalized spacial score (nSPS) is 10.8. The van der Waals surface area contributed by atoms with E-state index in [0.29, 0.717) is 0 Å². The highest BCUT2D eigenvalue weighted by Gasteiger charge is 2.03. The summed E-state index contributed by atoms with van der Waals surface area (Å²) in [5, 5.41) is 1.13. The zero-order valence-corrected chi connectivity index (χ0v) is 8.67. The van der Waals surface area contributed by atoms with Crippen LogP contribution in [-0.4, -0.2) is 9.55 Å². The molecule has 1 aromatic carbocycles. The maximum absolute atomic E-state index is 5.78. The first-order valence-corrected chi connectivity index (χ1v) is 5.12. The van der Waals surface area contributed by atoms with Crippen LogP contribution in [0.15, 0.2) is 54.9 Å². The topological polar surface area (TPSA) is 43.8 Å². The molecule has 0 aliphatic rings. The van der Waals surface area contributed by atoms with Crippen molar-refractivity contribution in [2.75, 3.05) is 5.73 Å². The summed E-state index contributed by atoms with van der Waals surface area (Å²) in [4.78, 5) is 4.37. The molecule has 0 aliphatic heterocycles. The van der Waals surface area contributed by atoms with Crippen molar-refractivity contribution in [2.45, 2.75) is 0 Å². The van der Waals surface area contributed by atoms with Gasteiger partial charge >= 0.3 is 0 Å². The number of nitrogens with zero attached hydrogens (tertiary/aromatic N) is 2. The number of pyridine rings is 1. The van der Waals surface area contributed by atoms with Crippen LogP contribution in [0.3, 0.4) is 0 Å². The van der Waals surface area contributed by atoms with E-state index >= 15 is 0 Å². The molecule has 0 amide bonds. The Morgan fingerprint density at radius 2 is 2.00 bits per heavy atom. The van der Waals surface area contributed by atoms with E-state index in [2.05, 4.69) is 4.98 Å². The molecule has 0 fully saturated rings. The summed E-state index contributed by atoms with van der Waals surface area (Å²) in [6.07, 6.45) is 3.80. The van der Waals surface area contributed by atoms with E-state index in [9.17, 15) is 0 Å². The lowest BCUT2D eigenvalue weighted by molar-refractivity contribution is 1.09. The fraction of sp³-hybridized carbons (Fsp3) is 0. The minimum atomic E-state index is 0.760. The fourth-order valence-electron chi connectivity index (χ4n) is 1.85. The molecule has 3 heteroatoms. The third-order valence-electron chi connectivity index (χ3n) is 2.60. The molecule has 3 nitrogen and oxygen atoms in total. The smallest absolute Gasteiger partial charge is 0.144 e. The van der Waals surface area contributed by atoms with Gasteiger partial charge in [-0.05, 0) is 36.4 Å². The van der Waals surface area contributed by atoms with E-state index in [4.69, 9.17) is 5.73 Å². The monoisotopic (exact) mass is 209 g/mol. The lowest BCUT2D eigenvalue weighted by Crippen LogP contribution is -1.94. The summed E-state index contributed by atoms with van der Waals surface area (Å²) in [5.41, 5.74) is 8.52. The van der Waals surface area contributed by atoms with Crippen LogP contribution >= 0.6 is 0 Å². The zero-order valence-electron chi connectivity index (χ0n) is 8.67. The van der Waals surface area contributed by atoms with Crippen molar-refractivity contribution in [2.24, 2.45) is 0 Å². The van der Waals surface area contributed by atoms with E-state index in [0.717, 1.165) is 22.4 Å². The predicted octanol–water partition coefficient (Wildman–Crippen LogP) is 2.61. The van der Waals surface area contributed by atoms with Gasteiger partial charge in [0, 0.05) is 29.2 Å². The van der Waals surface area contributed by atoms with Gasteiger partial charge in [0.05, 0.1) is 0 Å². The van der Waals surface area contributed by atoms with E-state index < -0.39 is 0 Å². The number of anilines is 1. The molecule has 0 spiro atoms. The first-order valence-electron chi connectivity index (χ1n) is 5.12. The van der Waals surface area contributed by atoms with Crippen molar-refractivity contribution in [3.8, 4) is 5.69 Å². The number of aromatic nitrogens is 2. The molecular weight excluding hydrogens is 198 g/mol. The quantitative estimate of drug-likeness (QED) is 0.626. The summed E-state index contributed by atoms with van der Waals surface area (Å²) in [5.74, 6) is 0. The molecule has 0 bridgehead atoms. The standard InChI is InChI=1S/C13H11N3/c14-11-4-1-5-12(9-11)16-8-6-10-3-2-7-15-13(10)16/h1-9H,14H2. The highest BCUT2D eigenvalue weighted by atomic mass is 15.0. The van der Waals surface area contributed by atoms with Crippen LogP contribution < -0.4 is 5.73 Å². The van der Waals surface area contributed by atoms with Crippen molar-refractivity contribution in [3.63, 3.8) is 0 Å². The van der Waals surface area contributed by atoms with E-state index in [1.54, 1.807) is 6.20 Å². The summed E-state index contributed by atoms with van der Waals surface area (Å²) in [6, 6.07) is 13.8. The van der Waals surface area contributed by atoms with Crippen LogP contribution in [0, 0.1) is 0 Å². The number of hydrogen-bond donors (Lipinski definition) is 1. The Morgan fingerprint density at radius 1 is 1.06 bits per heavy atom. The largest absolute Gasteiger partial charge is 0.399 e. The van der Waals surface area contributed by atoms with Crippen LogP contribution in [0.25, 0.3) is 16.7 Å². The highest BCUT2D eigenvalue weighted by Crippen LogP contribution is 2.19. The van der Waals surface area contributed by atoms with Gasteiger partial charge in [-0.15, -0.1) is 0 Å². The van der Waals surface area contributed by atoms with Gasteiger partial charge in [-0.1, -0.05) is 6.07 Å². The second-order valence-electron chi connectivity index (χ2n) is 3.70. The van der Waals surface area contributed by atoms with Crippen LogP contribution in [-0.2, 0) is 0 Å². The molecule has 3 aromatic rings. The number of rotatable bonds is 1. The van der Waals surface area contributed by atoms with Gasteiger partial charge in [-0.2, -0.15) is 0 Å².